The van der Waals surface area contributed by atoms with Crippen LogP contribution in [0.4, 0.5) is 4.39 Å². The molecule has 0 radical (unpaired) electrons. The minimum Gasteiger partial charge on any atom is -0.493 e. The predicted octanol–water partition coefficient (Wildman–Crippen LogP) is 4.26. The molecule has 3 aromatic rings. The average molecular weight is 463 g/mol. The fourth-order valence-corrected chi connectivity index (χ4v) is 3.61. The quantitative estimate of drug-likeness (QED) is 0.268. The maximum atomic E-state index is 13.6. The lowest BCUT2D eigenvalue weighted by molar-refractivity contribution is 0.0444. The van der Waals surface area contributed by atoms with Gasteiger partial charge in [0.25, 0.3) is 11.8 Å². The number of hydrogen-bond donors (Lipinski definition) is 0. The second-order valence-corrected chi connectivity index (χ2v) is 7.42. The molecule has 1 aliphatic rings. The van der Waals surface area contributed by atoms with E-state index in [1.807, 2.05) is 0 Å². The van der Waals surface area contributed by atoms with Crippen molar-refractivity contribution in [3.8, 4) is 11.5 Å². The van der Waals surface area contributed by atoms with E-state index in [-0.39, 0.29) is 42.9 Å². The number of amides is 2. The SMILES string of the molecule is CCOc1ccc(CN2C(=O)c3ccccc3C2=O)cc1C(=O)OCCOc1ccccc1F. The maximum Gasteiger partial charge on any atom is 0.342 e. The number of benzene rings is 3. The van der Waals surface area contributed by atoms with Crippen molar-refractivity contribution in [2.75, 3.05) is 19.8 Å². The number of carbonyl (C=O) groups is 3. The first-order chi connectivity index (χ1) is 16.5. The number of halogens is 1. The first-order valence-electron chi connectivity index (χ1n) is 10.7. The monoisotopic (exact) mass is 463 g/mol. The standard InChI is InChI=1S/C26H22FNO6/c1-2-32-22-12-11-17(16-28-24(29)18-7-3-4-8-19(18)25(28)30)15-20(22)26(31)34-14-13-33-23-10-6-5-9-21(23)27/h3-12,15H,2,13-14,16H2,1H3. The summed E-state index contributed by atoms with van der Waals surface area (Å²) in [6, 6.07) is 17.4. The van der Waals surface area contributed by atoms with E-state index in [4.69, 9.17) is 14.2 Å². The van der Waals surface area contributed by atoms with Crippen LogP contribution in [-0.2, 0) is 11.3 Å². The van der Waals surface area contributed by atoms with Gasteiger partial charge in [0.1, 0.15) is 24.5 Å². The summed E-state index contributed by atoms with van der Waals surface area (Å²) in [7, 11) is 0. The lowest BCUT2D eigenvalue weighted by Crippen LogP contribution is -2.29. The van der Waals surface area contributed by atoms with E-state index in [0.29, 0.717) is 29.0 Å². The zero-order valence-electron chi connectivity index (χ0n) is 18.5. The van der Waals surface area contributed by atoms with Crippen LogP contribution >= 0.6 is 0 Å². The van der Waals surface area contributed by atoms with Crippen LogP contribution in [0.3, 0.4) is 0 Å². The molecule has 1 heterocycles. The number of esters is 1. The Morgan fingerprint density at radius 3 is 2.21 bits per heavy atom. The molecule has 0 bridgehead atoms. The van der Waals surface area contributed by atoms with Crippen molar-refractivity contribution in [1.82, 2.24) is 4.90 Å². The van der Waals surface area contributed by atoms with Crippen LogP contribution in [0.25, 0.3) is 0 Å². The van der Waals surface area contributed by atoms with Crippen molar-refractivity contribution in [3.63, 3.8) is 0 Å². The number of para-hydroxylation sites is 1. The van der Waals surface area contributed by atoms with Gasteiger partial charge in [0.2, 0.25) is 0 Å². The topological polar surface area (TPSA) is 82.1 Å². The molecule has 0 saturated carbocycles. The largest absolute Gasteiger partial charge is 0.493 e. The van der Waals surface area contributed by atoms with Crippen molar-refractivity contribution in [3.05, 3.63) is 94.8 Å². The van der Waals surface area contributed by atoms with Gasteiger partial charge in [0.15, 0.2) is 11.6 Å². The first-order valence-corrected chi connectivity index (χ1v) is 10.7. The molecule has 0 atom stereocenters. The number of nitrogens with zero attached hydrogens (tertiary/aromatic N) is 1. The molecular formula is C26H22FNO6. The lowest BCUT2D eigenvalue weighted by atomic mass is 10.1. The zero-order valence-corrected chi connectivity index (χ0v) is 18.5. The van der Waals surface area contributed by atoms with Crippen LogP contribution in [0.5, 0.6) is 11.5 Å². The third-order valence-electron chi connectivity index (χ3n) is 5.19. The van der Waals surface area contributed by atoms with E-state index in [0.717, 1.165) is 4.90 Å². The molecule has 34 heavy (non-hydrogen) atoms. The molecule has 2 amide bonds. The molecule has 174 valence electrons. The number of carbonyl (C=O) groups excluding carboxylic acids is 3. The summed E-state index contributed by atoms with van der Waals surface area (Å²) in [6.45, 7) is 1.96. The zero-order chi connectivity index (χ0) is 24.1. The summed E-state index contributed by atoms with van der Waals surface area (Å²) in [5.74, 6) is -1.56. The number of ether oxygens (including phenoxy) is 3. The number of imide groups is 1. The fourth-order valence-electron chi connectivity index (χ4n) is 3.61. The highest BCUT2D eigenvalue weighted by Gasteiger charge is 2.35. The van der Waals surface area contributed by atoms with Gasteiger partial charge in [-0.05, 0) is 48.9 Å². The van der Waals surface area contributed by atoms with E-state index in [1.54, 1.807) is 55.5 Å². The molecule has 0 aliphatic carbocycles. The first kappa shape index (κ1) is 23.0. The van der Waals surface area contributed by atoms with Gasteiger partial charge in [-0.25, -0.2) is 9.18 Å². The van der Waals surface area contributed by atoms with E-state index in [2.05, 4.69) is 0 Å². The van der Waals surface area contributed by atoms with Gasteiger partial charge in [-0.2, -0.15) is 0 Å². The molecular weight excluding hydrogens is 441 g/mol. The van der Waals surface area contributed by atoms with Crippen LogP contribution in [-0.4, -0.2) is 42.5 Å². The molecule has 0 N–H and O–H groups in total. The second kappa shape index (κ2) is 10.2. The lowest BCUT2D eigenvalue weighted by Gasteiger charge is -2.16. The molecule has 3 aromatic carbocycles. The molecule has 0 aromatic heterocycles. The molecule has 0 spiro atoms. The highest BCUT2D eigenvalue weighted by molar-refractivity contribution is 6.21. The van der Waals surface area contributed by atoms with E-state index in [1.165, 1.54) is 18.2 Å². The van der Waals surface area contributed by atoms with Crippen molar-refractivity contribution in [2.45, 2.75) is 13.5 Å². The van der Waals surface area contributed by atoms with Crippen molar-refractivity contribution < 1.29 is 33.0 Å². The minimum atomic E-state index is -0.662. The summed E-state index contributed by atoms with van der Waals surface area (Å²) in [5.41, 5.74) is 1.43. The van der Waals surface area contributed by atoms with Gasteiger partial charge < -0.3 is 14.2 Å². The Bertz CT molecular complexity index is 1210. The van der Waals surface area contributed by atoms with Crippen molar-refractivity contribution in [2.24, 2.45) is 0 Å². The van der Waals surface area contributed by atoms with Gasteiger partial charge in [0.05, 0.1) is 24.3 Å². The van der Waals surface area contributed by atoms with Crippen LogP contribution in [0.2, 0.25) is 0 Å². The highest BCUT2D eigenvalue weighted by atomic mass is 19.1. The Labute approximate surface area is 195 Å². The minimum absolute atomic E-state index is 0.00454. The van der Waals surface area contributed by atoms with E-state index >= 15 is 0 Å². The molecule has 7 nitrogen and oxygen atoms in total. The summed E-state index contributed by atoms with van der Waals surface area (Å²) in [6.07, 6.45) is 0. The van der Waals surface area contributed by atoms with Gasteiger partial charge in [0, 0.05) is 0 Å². The highest BCUT2D eigenvalue weighted by Crippen LogP contribution is 2.27. The number of fused-ring (bicyclic) bond motifs is 1. The summed E-state index contributed by atoms with van der Waals surface area (Å²) in [5, 5.41) is 0. The summed E-state index contributed by atoms with van der Waals surface area (Å²) in [4.78, 5) is 39.2. The Kier molecular flexibility index (Phi) is 6.87. The summed E-state index contributed by atoms with van der Waals surface area (Å²) < 4.78 is 29.8. The third-order valence-corrected chi connectivity index (χ3v) is 5.19. The number of hydrogen-bond acceptors (Lipinski definition) is 6. The Balaban J connectivity index is 1.44. The molecule has 1 aliphatic heterocycles. The van der Waals surface area contributed by atoms with Crippen LogP contribution in [0, 0.1) is 5.82 Å². The van der Waals surface area contributed by atoms with E-state index < -0.39 is 11.8 Å². The fraction of sp³-hybridized carbons (Fsp3) is 0.192. The average Bonchev–Trinajstić information content (AvgIpc) is 3.08. The predicted molar refractivity (Wildman–Crippen MR) is 120 cm³/mol. The summed E-state index contributed by atoms with van der Waals surface area (Å²) >= 11 is 0. The molecule has 0 saturated heterocycles. The van der Waals surface area contributed by atoms with Gasteiger partial charge in [-0.15, -0.1) is 0 Å². The molecule has 0 fully saturated rings. The van der Waals surface area contributed by atoms with E-state index in [9.17, 15) is 18.8 Å². The van der Waals surface area contributed by atoms with Crippen LogP contribution in [0.15, 0.2) is 66.7 Å². The number of rotatable bonds is 9. The third kappa shape index (κ3) is 4.76. The Morgan fingerprint density at radius 1 is 0.853 bits per heavy atom. The normalized spacial score (nSPS) is 12.5. The molecule has 4 rings (SSSR count). The van der Waals surface area contributed by atoms with Gasteiger partial charge in [-0.3, -0.25) is 14.5 Å². The Hall–Kier alpha value is -4.20. The maximum absolute atomic E-state index is 13.6. The van der Waals surface area contributed by atoms with Gasteiger partial charge >= 0.3 is 5.97 Å². The molecule has 8 heteroatoms. The van der Waals surface area contributed by atoms with Crippen molar-refractivity contribution >= 4 is 17.8 Å². The second-order valence-electron chi connectivity index (χ2n) is 7.42. The Morgan fingerprint density at radius 2 is 1.53 bits per heavy atom. The smallest absolute Gasteiger partial charge is 0.342 e. The van der Waals surface area contributed by atoms with Crippen LogP contribution < -0.4 is 9.47 Å². The van der Waals surface area contributed by atoms with Crippen molar-refractivity contribution in [1.29, 1.82) is 0 Å². The van der Waals surface area contributed by atoms with Crippen LogP contribution in [0.1, 0.15) is 43.6 Å². The molecule has 0 unspecified atom stereocenters. The van der Waals surface area contributed by atoms with Gasteiger partial charge in [-0.1, -0.05) is 30.3 Å².